The molecule has 0 unspecified atom stereocenters. The molecular weight excluding hydrogens is 308 g/mol. The molecule has 3 heterocycles. The van der Waals surface area contributed by atoms with Crippen LogP contribution in [0.15, 0.2) is 16.8 Å². The van der Waals surface area contributed by atoms with Crippen molar-refractivity contribution in [2.45, 2.75) is 57.3 Å². The highest BCUT2D eigenvalue weighted by Crippen LogP contribution is 2.41. The fourth-order valence-electron chi connectivity index (χ4n) is 3.47. The highest BCUT2D eigenvalue weighted by molar-refractivity contribution is 5.81. The van der Waals surface area contributed by atoms with E-state index >= 15 is 0 Å². The molecule has 24 heavy (non-hydrogen) atoms. The molecule has 0 aromatic carbocycles. The Bertz CT molecular complexity index is 735. The maximum Gasteiger partial charge on any atom is 0.226 e. The quantitative estimate of drug-likeness (QED) is 0.848. The number of hydrogen-bond acceptors (Lipinski definition) is 6. The number of rotatable bonds is 6. The third kappa shape index (κ3) is 2.71. The lowest BCUT2D eigenvalue weighted by atomic mass is 10.1. The zero-order chi connectivity index (χ0) is 16.7. The van der Waals surface area contributed by atoms with Crippen LogP contribution >= 0.6 is 0 Å². The van der Waals surface area contributed by atoms with Crippen molar-refractivity contribution in [3.8, 4) is 0 Å². The standard InChI is InChI=1S/C16H22N6O2/c1-3-14-19-13(20-24-14)9-17-11-8-15(23)22(10-4-5-10)16(11)12-6-7-18-21(12)2/h6-7,10-11,16-17H,3-5,8-9H2,1-2H3/t11-,16-/m1/s1. The molecule has 1 amide bonds. The lowest BCUT2D eigenvalue weighted by Crippen LogP contribution is -2.38. The number of nitrogens with one attached hydrogen (secondary N) is 1. The highest BCUT2D eigenvalue weighted by Gasteiger charge is 2.48. The molecule has 128 valence electrons. The summed E-state index contributed by atoms with van der Waals surface area (Å²) in [7, 11) is 1.92. The maximum absolute atomic E-state index is 12.6. The van der Waals surface area contributed by atoms with Crippen molar-refractivity contribution in [1.82, 2.24) is 30.1 Å². The Morgan fingerprint density at radius 2 is 2.25 bits per heavy atom. The van der Waals surface area contributed by atoms with Crippen LogP contribution in [0.3, 0.4) is 0 Å². The number of hydrogen-bond donors (Lipinski definition) is 1. The first kappa shape index (κ1) is 15.3. The van der Waals surface area contributed by atoms with E-state index in [2.05, 4.69) is 20.6 Å². The van der Waals surface area contributed by atoms with E-state index in [0.717, 1.165) is 25.0 Å². The first-order chi connectivity index (χ1) is 11.7. The van der Waals surface area contributed by atoms with Crippen molar-refractivity contribution in [1.29, 1.82) is 0 Å². The van der Waals surface area contributed by atoms with Gasteiger partial charge in [-0.25, -0.2) is 0 Å². The fraction of sp³-hybridized carbons (Fsp3) is 0.625. The van der Waals surface area contributed by atoms with Gasteiger partial charge in [0.25, 0.3) is 0 Å². The predicted octanol–water partition coefficient (Wildman–Crippen LogP) is 0.960. The SMILES string of the molecule is CCc1nc(CN[C@@H]2CC(=O)N(C3CC3)[C@H]2c2ccnn2C)no1. The van der Waals surface area contributed by atoms with E-state index in [0.29, 0.717) is 30.7 Å². The Hall–Kier alpha value is -2.22. The maximum atomic E-state index is 12.6. The summed E-state index contributed by atoms with van der Waals surface area (Å²) in [5.74, 6) is 1.48. The number of aromatic nitrogens is 4. The lowest BCUT2D eigenvalue weighted by Gasteiger charge is -2.28. The second kappa shape index (κ2) is 6.01. The van der Waals surface area contributed by atoms with Crippen molar-refractivity contribution in [2.24, 2.45) is 7.05 Å². The van der Waals surface area contributed by atoms with Gasteiger partial charge in [-0.3, -0.25) is 9.48 Å². The molecule has 2 aromatic heterocycles. The van der Waals surface area contributed by atoms with Crippen molar-refractivity contribution >= 4 is 5.91 Å². The Morgan fingerprint density at radius 1 is 1.42 bits per heavy atom. The summed E-state index contributed by atoms with van der Waals surface area (Å²) in [6.07, 6.45) is 5.19. The van der Waals surface area contributed by atoms with Gasteiger partial charge in [0.15, 0.2) is 5.82 Å². The highest BCUT2D eigenvalue weighted by atomic mass is 16.5. The van der Waals surface area contributed by atoms with Gasteiger partial charge in [0.1, 0.15) is 0 Å². The Kier molecular flexibility index (Phi) is 3.84. The number of likely N-dealkylation sites (tertiary alicyclic amines) is 1. The van der Waals surface area contributed by atoms with Gasteiger partial charge in [-0.15, -0.1) is 0 Å². The van der Waals surface area contributed by atoms with E-state index in [1.807, 2.05) is 29.6 Å². The first-order valence-electron chi connectivity index (χ1n) is 8.51. The second-order valence-corrected chi connectivity index (χ2v) is 6.51. The van der Waals surface area contributed by atoms with Crippen LogP contribution in [-0.2, 0) is 24.8 Å². The van der Waals surface area contributed by atoms with Gasteiger partial charge >= 0.3 is 0 Å². The molecule has 1 saturated heterocycles. The molecule has 1 N–H and O–H groups in total. The summed E-state index contributed by atoms with van der Waals surface area (Å²) in [5.41, 5.74) is 1.06. The van der Waals surface area contributed by atoms with Crippen molar-refractivity contribution in [3.63, 3.8) is 0 Å². The van der Waals surface area contributed by atoms with Gasteiger partial charge in [-0.05, 0) is 18.9 Å². The lowest BCUT2D eigenvalue weighted by molar-refractivity contribution is -0.129. The van der Waals surface area contributed by atoms with Crippen molar-refractivity contribution in [3.05, 3.63) is 29.7 Å². The first-order valence-corrected chi connectivity index (χ1v) is 8.51. The molecule has 8 heteroatoms. The summed E-state index contributed by atoms with van der Waals surface area (Å²) in [4.78, 5) is 18.9. The zero-order valence-corrected chi connectivity index (χ0v) is 14.0. The van der Waals surface area contributed by atoms with Gasteiger partial charge in [0, 0.05) is 38.2 Å². The molecule has 2 atom stereocenters. The van der Waals surface area contributed by atoms with Crippen LogP contribution in [0.2, 0.25) is 0 Å². The monoisotopic (exact) mass is 330 g/mol. The number of aryl methyl sites for hydroxylation is 2. The topological polar surface area (TPSA) is 89.1 Å². The Morgan fingerprint density at radius 3 is 2.88 bits per heavy atom. The average molecular weight is 330 g/mol. The normalized spacial score (nSPS) is 24.1. The van der Waals surface area contributed by atoms with Crippen LogP contribution in [0, 0.1) is 0 Å². The van der Waals surface area contributed by atoms with E-state index in [9.17, 15) is 4.79 Å². The van der Waals surface area contributed by atoms with Gasteiger partial charge < -0.3 is 14.7 Å². The summed E-state index contributed by atoms with van der Waals surface area (Å²) in [6.45, 7) is 2.47. The molecule has 8 nitrogen and oxygen atoms in total. The molecule has 2 fully saturated rings. The Labute approximate surface area is 140 Å². The van der Waals surface area contributed by atoms with E-state index in [4.69, 9.17) is 4.52 Å². The van der Waals surface area contributed by atoms with Gasteiger partial charge in [0.05, 0.1) is 18.3 Å². The van der Waals surface area contributed by atoms with Gasteiger partial charge in [0.2, 0.25) is 11.8 Å². The summed E-state index contributed by atoms with van der Waals surface area (Å²) in [6, 6.07) is 2.41. The van der Waals surface area contributed by atoms with Gasteiger partial charge in [-0.1, -0.05) is 12.1 Å². The minimum atomic E-state index is 0.00930. The van der Waals surface area contributed by atoms with Crippen LogP contribution in [-0.4, -0.2) is 42.8 Å². The van der Waals surface area contributed by atoms with E-state index in [1.165, 1.54) is 0 Å². The smallest absolute Gasteiger partial charge is 0.226 e. The number of nitrogens with zero attached hydrogens (tertiary/aromatic N) is 5. The number of amides is 1. The fourth-order valence-corrected chi connectivity index (χ4v) is 3.47. The van der Waals surface area contributed by atoms with Gasteiger partial charge in [-0.2, -0.15) is 10.1 Å². The molecule has 1 aliphatic heterocycles. The summed E-state index contributed by atoms with van der Waals surface area (Å²) in [5, 5.41) is 11.7. The van der Waals surface area contributed by atoms with Crippen LogP contribution < -0.4 is 5.32 Å². The van der Waals surface area contributed by atoms with Crippen LogP contribution in [0.5, 0.6) is 0 Å². The zero-order valence-electron chi connectivity index (χ0n) is 14.0. The number of carbonyl (C=O) groups excluding carboxylic acids is 1. The molecule has 2 aliphatic rings. The van der Waals surface area contributed by atoms with Crippen molar-refractivity contribution < 1.29 is 9.32 Å². The minimum absolute atomic E-state index is 0.00930. The molecule has 1 aliphatic carbocycles. The largest absolute Gasteiger partial charge is 0.339 e. The van der Waals surface area contributed by atoms with E-state index < -0.39 is 0 Å². The van der Waals surface area contributed by atoms with Crippen LogP contribution in [0.4, 0.5) is 0 Å². The summed E-state index contributed by atoms with van der Waals surface area (Å²) < 4.78 is 7.00. The number of carbonyl (C=O) groups is 1. The molecule has 1 saturated carbocycles. The molecular formula is C16H22N6O2. The van der Waals surface area contributed by atoms with E-state index in [1.54, 1.807) is 6.20 Å². The van der Waals surface area contributed by atoms with E-state index in [-0.39, 0.29) is 18.0 Å². The molecule has 0 bridgehead atoms. The molecule has 2 aromatic rings. The second-order valence-electron chi connectivity index (χ2n) is 6.51. The van der Waals surface area contributed by atoms with Crippen LogP contribution in [0.25, 0.3) is 0 Å². The minimum Gasteiger partial charge on any atom is -0.339 e. The average Bonchev–Trinajstić information content (AvgIpc) is 3.01. The molecule has 0 radical (unpaired) electrons. The predicted molar refractivity (Wildman–Crippen MR) is 84.7 cm³/mol. The molecule has 4 rings (SSSR count). The Balaban J connectivity index is 1.54. The summed E-state index contributed by atoms with van der Waals surface area (Å²) >= 11 is 0. The third-order valence-corrected chi connectivity index (χ3v) is 4.80. The third-order valence-electron chi connectivity index (χ3n) is 4.80. The molecule has 0 spiro atoms. The van der Waals surface area contributed by atoms with Crippen molar-refractivity contribution in [2.75, 3.05) is 0 Å². The van der Waals surface area contributed by atoms with Crippen LogP contribution in [0.1, 0.15) is 49.6 Å².